The van der Waals surface area contributed by atoms with E-state index in [0.29, 0.717) is 24.6 Å². The van der Waals surface area contributed by atoms with Crippen molar-refractivity contribution in [3.05, 3.63) is 53.4 Å². The summed E-state index contributed by atoms with van der Waals surface area (Å²) >= 11 is 1.46. The molecule has 0 bridgehead atoms. The van der Waals surface area contributed by atoms with E-state index in [2.05, 4.69) is 15.4 Å². The fraction of sp³-hybridized carbons (Fsp3) is 0.263. The standard InChI is InChI=1S/C19H18FN5O2S/c1-19(2)18(27)21-9-10-24(19)17(26)15-22-16(14-4-3-11-28-14)25(23-15)13-7-5-12(20)6-8-13/h3-8,11H,9-10H2,1-2H3,(H,21,27). The maximum Gasteiger partial charge on any atom is 0.294 e. The molecule has 28 heavy (non-hydrogen) atoms. The zero-order valence-electron chi connectivity index (χ0n) is 15.3. The highest BCUT2D eigenvalue weighted by atomic mass is 32.1. The molecule has 2 aromatic heterocycles. The molecule has 1 aromatic carbocycles. The number of carbonyl (C=O) groups excluding carboxylic acids is 2. The minimum atomic E-state index is -1.00. The van der Waals surface area contributed by atoms with Gasteiger partial charge in [-0.15, -0.1) is 16.4 Å². The number of amides is 2. The minimum absolute atomic E-state index is 0.00417. The van der Waals surface area contributed by atoms with Crippen LogP contribution in [0, 0.1) is 5.82 Å². The molecule has 1 N–H and O–H groups in total. The molecule has 0 unspecified atom stereocenters. The molecule has 1 aliphatic rings. The van der Waals surface area contributed by atoms with Crippen molar-refractivity contribution in [3.8, 4) is 16.4 Å². The van der Waals surface area contributed by atoms with Crippen molar-refractivity contribution in [2.24, 2.45) is 0 Å². The highest BCUT2D eigenvalue weighted by molar-refractivity contribution is 7.13. The molecule has 0 radical (unpaired) electrons. The molecule has 2 amide bonds. The molecule has 3 heterocycles. The average Bonchev–Trinajstić information content (AvgIpc) is 3.33. The van der Waals surface area contributed by atoms with Crippen LogP contribution in [0.25, 0.3) is 16.4 Å². The summed E-state index contributed by atoms with van der Waals surface area (Å²) in [5, 5.41) is 9.07. The van der Waals surface area contributed by atoms with Gasteiger partial charge in [0.05, 0.1) is 10.6 Å². The second kappa shape index (κ2) is 6.83. The van der Waals surface area contributed by atoms with Gasteiger partial charge in [-0.2, -0.15) is 0 Å². The number of aromatic nitrogens is 3. The molecule has 1 saturated heterocycles. The number of benzene rings is 1. The number of nitrogens with one attached hydrogen (secondary N) is 1. The molecule has 9 heteroatoms. The number of rotatable bonds is 3. The summed E-state index contributed by atoms with van der Waals surface area (Å²) in [6.07, 6.45) is 0. The van der Waals surface area contributed by atoms with Crippen LogP contribution >= 0.6 is 11.3 Å². The van der Waals surface area contributed by atoms with Gasteiger partial charge in [0.15, 0.2) is 5.82 Å². The van der Waals surface area contributed by atoms with Crippen LogP contribution in [-0.4, -0.2) is 50.1 Å². The lowest BCUT2D eigenvalue weighted by molar-refractivity contribution is -0.133. The van der Waals surface area contributed by atoms with Gasteiger partial charge in [0, 0.05) is 13.1 Å². The molecule has 144 valence electrons. The zero-order valence-corrected chi connectivity index (χ0v) is 16.2. The van der Waals surface area contributed by atoms with Gasteiger partial charge in [-0.05, 0) is 49.6 Å². The topological polar surface area (TPSA) is 80.1 Å². The highest BCUT2D eigenvalue weighted by Gasteiger charge is 2.42. The summed E-state index contributed by atoms with van der Waals surface area (Å²) < 4.78 is 14.9. The van der Waals surface area contributed by atoms with E-state index in [1.165, 1.54) is 33.1 Å². The molecular formula is C19H18FN5O2S. The molecule has 0 saturated carbocycles. The van der Waals surface area contributed by atoms with Gasteiger partial charge in [0.25, 0.3) is 5.91 Å². The van der Waals surface area contributed by atoms with E-state index in [1.807, 2.05) is 17.5 Å². The third kappa shape index (κ3) is 3.07. The van der Waals surface area contributed by atoms with Crippen LogP contribution in [0.3, 0.4) is 0 Å². The Morgan fingerprint density at radius 2 is 2.00 bits per heavy atom. The maximum absolute atomic E-state index is 13.3. The lowest BCUT2D eigenvalue weighted by Crippen LogP contribution is -2.63. The molecule has 1 aliphatic heterocycles. The van der Waals surface area contributed by atoms with E-state index in [-0.39, 0.29) is 17.5 Å². The Bertz CT molecular complexity index is 1030. The average molecular weight is 399 g/mol. The lowest BCUT2D eigenvalue weighted by atomic mass is 9.99. The van der Waals surface area contributed by atoms with Gasteiger partial charge in [0.1, 0.15) is 11.4 Å². The molecule has 1 fully saturated rings. The number of nitrogens with zero attached hydrogens (tertiary/aromatic N) is 4. The molecule has 0 spiro atoms. The number of halogens is 1. The second-order valence-corrected chi connectivity index (χ2v) is 7.84. The summed E-state index contributed by atoms with van der Waals surface area (Å²) in [6, 6.07) is 9.56. The van der Waals surface area contributed by atoms with Gasteiger partial charge in [-0.25, -0.2) is 14.1 Å². The summed E-state index contributed by atoms with van der Waals surface area (Å²) in [5.74, 6) is -0.513. The number of thiophene rings is 1. The quantitative estimate of drug-likeness (QED) is 0.734. The van der Waals surface area contributed by atoms with E-state index in [1.54, 1.807) is 26.0 Å². The van der Waals surface area contributed by atoms with Crippen LogP contribution in [-0.2, 0) is 4.79 Å². The van der Waals surface area contributed by atoms with Crippen LogP contribution in [0.5, 0.6) is 0 Å². The number of carbonyl (C=O) groups is 2. The first-order valence-electron chi connectivity index (χ1n) is 8.75. The summed E-state index contributed by atoms with van der Waals surface area (Å²) in [6.45, 7) is 4.13. The van der Waals surface area contributed by atoms with Crippen LogP contribution in [0.2, 0.25) is 0 Å². The molecule has 3 aromatic rings. The van der Waals surface area contributed by atoms with E-state index in [0.717, 1.165) is 4.88 Å². The van der Waals surface area contributed by atoms with E-state index in [4.69, 9.17) is 0 Å². The molecule has 4 rings (SSSR count). The van der Waals surface area contributed by atoms with Crippen LogP contribution in [0.4, 0.5) is 4.39 Å². The van der Waals surface area contributed by atoms with Crippen LogP contribution in [0.15, 0.2) is 41.8 Å². The number of piperazine rings is 1. The van der Waals surface area contributed by atoms with Gasteiger partial charge in [-0.1, -0.05) is 6.07 Å². The van der Waals surface area contributed by atoms with Crippen molar-refractivity contribution >= 4 is 23.2 Å². The Morgan fingerprint density at radius 3 is 2.68 bits per heavy atom. The Labute approximate surface area is 164 Å². The Hall–Kier alpha value is -3.07. The Morgan fingerprint density at radius 1 is 1.25 bits per heavy atom. The summed E-state index contributed by atoms with van der Waals surface area (Å²) in [7, 11) is 0. The lowest BCUT2D eigenvalue weighted by Gasteiger charge is -2.40. The largest absolute Gasteiger partial charge is 0.352 e. The van der Waals surface area contributed by atoms with Crippen molar-refractivity contribution in [1.29, 1.82) is 0 Å². The van der Waals surface area contributed by atoms with Crippen LogP contribution in [0.1, 0.15) is 24.5 Å². The predicted molar refractivity (Wildman–Crippen MR) is 103 cm³/mol. The Balaban J connectivity index is 1.78. The molecular weight excluding hydrogens is 381 g/mol. The van der Waals surface area contributed by atoms with Gasteiger partial charge >= 0.3 is 0 Å². The maximum atomic E-state index is 13.3. The third-order valence-corrected chi connectivity index (χ3v) is 5.57. The smallest absolute Gasteiger partial charge is 0.294 e. The second-order valence-electron chi connectivity index (χ2n) is 6.90. The first-order valence-corrected chi connectivity index (χ1v) is 9.63. The number of hydrogen-bond donors (Lipinski definition) is 1. The van der Waals surface area contributed by atoms with Crippen molar-refractivity contribution in [2.75, 3.05) is 13.1 Å². The van der Waals surface area contributed by atoms with Crippen molar-refractivity contribution in [2.45, 2.75) is 19.4 Å². The SMILES string of the molecule is CC1(C)C(=O)NCCN1C(=O)c1nc(-c2cccs2)n(-c2ccc(F)cc2)n1. The zero-order chi connectivity index (χ0) is 19.9. The molecule has 7 nitrogen and oxygen atoms in total. The molecule has 0 aliphatic carbocycles. The fourth-order valence-corrected chi connectivity index (χ4v) is 3.80. The summed E-state index contributed by atoms with van der Waals surface area (Å²) in [4.78, 5) is 32.1. The van der Waals surface area contributed by atoms with E-state index in [9.17, 15) is 14.0 Å². The first kappa shape index (κ1) is 18.3. The highest BCUT2D eigenvalue weighted by Crippen LogP contribution is 2.27. The van der Waals surface area contributed by atoms with E-state index < -0.39 is 11.4 Å². The minimum Gasteiger partial charge on any atom is -0.352 e. The number of hydrogen-bond acceptors (Lipinski definition) is 5. The third-order valence-electron chi connectivity index (χ3n) is 4.71. The normalized spacial score (nSPS) is 16.1. The van der Waals surface area contributed by atoms with Crippen molar-refractivity contribution < 1.29 is 14.0 Å². The fourth-order valence-electron chi connectivity index (χ4n) is 3.11. The predicted octanol–water partition coefficient (Wildman–Crippen LogP) is 2.49. The first-order chi connectivity index (χ1) is 13.4. The van der Waals surface area contributed by atoms with Crippen molar-refractivity contribution in [3.63, 3.8) is 0 Å². The summed E-state index contributed by atoms with van der Waals surface area (Å²) in [5.41, 5.74) is -0.410. The van der Waals surface area contributed by atoms with E-state index >= 15 is 0 Å². The van der Waals surface area contributed by atoms with Gasteiger partial charge in [0.2, 0.25) is 11.7 Å². The van der Waals surface area contributed by atoms with Crippen molar-refractivity contribution in [1.82, 2.24) is 25.0 Å². The monoisotopic (exact) mass is 399 g/mol. The Kier molecular flexibility index (Phi) is 4.46. The van der Waals surface area contributed by atoms with Crippen LogP contribution < -0.4 is 5.32 Å². The van der Waals surface area contributed by atoms with Gasteiger partial charge < -0.3 is 10.2 Å². The van der Waals surface area contributed by atoms with Gasteiger partial charge in [-0.3, -0.25) is 9.59 Å². The molecule has 0 atom stereocenters.